The largest absolute Gasteiger partial charge is 0.434 e. The second-order valence-corrected chi connectivity index (χ2v) is 5.43. The van der Waals surface area contributed by atoms with E-state index in [2.05, 4.69) is 17.0 Å². The number of hydrogen-bond acceptors (Lipinski definition) is 3. The molecule has 1 saturated heterocycles. The zero-order valence-corrected chi connectivity index (χ0v) is 12.5. The number of benzene rings is 1. The Kier molecular flexibility index (Phi) is 5.94. The molecule has 118 valence electrons. The SMILES string of the molecule is CCC1CC(NC(C)c2ccccc2OC(F)F)CCO1. The molecule has 0 bridgehead atoms. The van der Waals surface area contributed by atoms with Gasteiger partial charge >= 0.3 is 6.61 Å². The number of nitrogens with one attached hydrogen (secondary N) is 1. The fourth-order valence-electron chi connectivity index (χ4n) is 2.80. The van der Waals surface area contributed by atoms with Gasteiger partial charge in [-0.05, 0) is 32.3 Å². The highest BCUT2D eigenvalue weighted by Crippen LogP contribution is 2.28. The lowest BCUT2D eigenvalue weighted by Gasteiger charge is -2.32. The molecular formula is C16H23F2NO2. The first-order valence-electron chi connectivity index (χ1n) is 7.51. The van der Waals surface area contributed by atoms with Crippen LogP contribution in [0.2, 0.25) is 0 Å². The maximum absolute atomic E-state index is 12.5. The molecule has 3 atom stereocenters. The number of ether oxygens (including phenoxy) is 2. The first-order chi connectivity index (χ1) is 10.1. The monoisotopic (exact) mass is 299 g/mol. The molecule has 0 aromatic heterocycles. The van der Waals surface area contributed by atoms with Crippen LogP contribution >= 0.6 is 0 Å². The Morgan fingerprint density at radius 2 is 2.14 bits per heavy atom. The van der Waals surface area contributed by atoms with Crippen LogP contribution in [-0.2, 0) is 4.74 Å². The minimum atomic E-state index is -2.80. The summed E-state index contributed by atoms with van der Waals surface area (Å²) in [6.07, 6.45) is 3.19. The van der Waals surface area contributed by atoms with Crippen molar-refractivity contribution in [3.8, 4) is 5.75 Å². The molecule has 1 aliphatic rings. The molecule has 0 spiro atoms. The summed E-state index contributed by atoms with van der Waals surface area (Å²) >= 11 is 0. The van der Waals surface area contributed by atoms with Crippen molar-refractivity contribution in [2.24, 2.45) is 0 Å². The lowest BCUT2D eigenvalue weighted by Crippen LogP contribution is -2.40. The van der Waals surface area contributed by atoms with Gasteiger partial charge in [-0.2, -0.15) is 8.78 Å². The molecule has 3 nitrogen and oxygen atoms in total. The smallest absolute Gasteiger partial charge is 0.387 e. The second kappa shape index (κ2) is 7.71. The van der Waals surface area contributed by atoms with E-state index in [1.165, 1.54) is 0 Å². The predicted molar refractivity (Wildman–Crippen MR) is 77.7 cm³/mol. The number of rotatable bonds is 6. The minimum absolute atomic E-state index is 0.0412. The van der Waals surface area contributed by atoms with E-state index in [9.17, 15) is 8.78 Å². The molecule has 1 fully saturated rings. The maximum Gasteiger partial charge on any atom is 0.387 e. The highest BCUT2D eigenvalue weighted by atomic mass is 19.3. The van der Waals surface area contributed by atoms with Crippen LogP contribution in [0.4, 0.5) is 8.78 Å². The average molecular weight is 299 g/mol. The summed E-state index contributed by atoms with van der Waals surface area (Å²) in [6, 6.07) is 7.25. The predicted octanol–water partition coefficient (Wildman–Crippen LogP) is 3.90. The van der Waals surface area contributed by atoms with E-state index in [1.54, 1.807) is 12.1 Å². The molecule has 1 aromatic carbocycles. The van der Waals surface area contributed by atoms with Gasteiger partial charge in [0.1, 0.15) is 5.75 Å². The van der Waals surface area contributed by atoms with Crippen molar-refractivity contribution in [3.05, 3.63) is 29.8 Å². The molecular weight excluding hydrogens is 276 g/mol. The fraction of sp³-hybridized carbons (Fsp3) is 0.625. The lowest BCUT2D eigenvalue weighted by atomic mass is 9.99. The molecule has 1 aliphatic heterocycles. The molecule has 0 saturated carbocycles. The van der Waals surface area contributed by atoms with Gasteiger partial charge in [-0.25, -0.2) is 0 Å². The van der Waals surface area contributed by atoms with Crippen molar-refractivity contribution in [1.82, 2.24) is 5.32 Å². The Hall–Kier alpha value is -1.20. The third kappa shape index (κ3) is 4.64. The zero-order valence-electron chi connectivity index (χ0n) is 12.5. The number of hydrogen-bond donors (Lipinski definition) is 1. The molecule has 21 heavy (non-hydrogen) atoms. The van der Waals surface area contributed by atoms with Crippen LogP contribution < -0.4 is 10.1 Å². The maximum atomic E-state index is 12.5. The van der Waals surface area contributed by atoms with Crippen LogP contribution in [-0.4, -0.2) is 25.4 Å². The first-order valence-corrected chi connectivity index (χ1v) is 7.51. The highest BCUT2D eigenvalue weighted by Gasteiger charge is 2.24. The van der Waals surface area contributed by atoms with Gasteiger partial charge in [-0.1, -0.05) is 25.1 Å². The normalized spacial score (nSPS) is 24.0. The van der Waals surface area contributed by atoms with E-state index in [0.29, 0.717) is 6.04 Å². The van der Waals surface area contributed by atoms with E-state index in [1.807, 2.05) is 19.1 Å². The molecule has 0 aliphatic carbocycles. The molecule has 1 N–H and O–H groups in total. The summed E-state index contributed by atoms with van der Waals surface area (Å²) in [5.41, 5.74) is 0.761. The summed E-state index contributed by atoms with van der Waals surface area (Å²) in [5, 5.41) is 3.51. The van der Waals surface area contributed by atoms with Gasteiger partial charge in [-0.15, -0.1) is 0 Å². The summed E-state index contributed by atoms with van der Waals surface area (Å²) in [6.45, 7) is 2.04. The van der Waals surface area contributed by atoms with E-state index < -0.39 is 6.61 Å². The number of alkyl halides is 2. The third-order valence-corrected chi connectivity index (χ3v) is 3.91. The Labute approximate surface area is 124 Å². The molecule has 0 radical (unpaired) electrons. The standard InChI is InChI=1S/C16H23F2NO2/c1-3-13-10-12(8-9-20-13)19-11(2)14-6-4-5-7-15(14)21-16(17)18/h4-7,11-13,16,19H,3,8-10H2,1-2H3. The van der Waals surface area contributed by atoms with Crippen molar-refractivity contribution in [2.45, 2.75) is 57.9 Å². The van der Waals surface area contributed by atoms with Crippen molar-refractivity contribution < 1.29 is 18.3 Å². The topological polar surface area (TPSA) is 30.5 Å². The molecule has 3 unspecified atom stereocenters. The number of para-hydroxylation sites is 1. The number of halogens is 2. The fourth-order valence-corrected chi connectivity index (χ4v) is 2.80. The van der Waals surface area contributed by atoms with Crippen LogP contribution in [0.1, 0.15) is 44.7 Å². The molecule has 2 rings (SSSR count). The van der Waals surface area contributed by atoms with E-state index in [-0.39, 0.29) is 17.9 Å². The molecule has 1 aromatic rings. The minimum Gasteiger partial charge on any atom is -0.434 e. The summed E-state index contributed by atoms with van der Waals surface area (Å²) in [5.74, 6) is 0.242. The van der Waals surface area contributed by atoms with Crippen LogP contribution in [0.25, 0.3) is 0 Å². The van der Waals surface area contributed by atoms with Gasteiger partial charge in [0.2, 0.25) is 0 Å². The van der Waals surface area contributed by atoms with E-state index in [0.717, 1.165) is 31.4 Å². The van der Waals surface area contributed by atoms with Gasteiger partial charge in [0.05, 0.1) is 6.10 Å². The Morgan fingerprint density at radius 3 is 2.86 bits per heavy atom. The van der Waals surface area contributed by atoms with Crippen LogP contribution in [0, 0.1) is 0 Å². The third-order valence-electron chi connectivity index (χ3n) is 3.91. The quantitative estimate of drug-likeness (QED) is 0.864. The first kappa shape index (κ1) is 16.2. The summed E-state index contributed by atoms with van der Waals surface area (Å²) < 4.78 is 35.2. The van der Waals surface area contributed by atoms with Gasteiger partial charge in [0.25, 0.3) is 0 Å². The van der Waals surface area contributed by atoms with Gasteiger partial charge in [0, 0.05) is 24.3 Å². The molecule has 1 heterocycles. The van der Waals surface area contributed by atoms with E-state index >= 15 is 0 Å². The van der Waals surface area contributed by atoms with Crippen molar-refractivity contribution in [3.63, 3.8) is 0 Å². The van der Waals surface area contributed by atoms with Crippen LogP contribution in [0.5, 0.6) is 5.75 Å². The average Bonchev–Trinajstić information content (AvgIpc) is 2.47. The Bertz CT molecular complexity index is 442. The van der Waals surface area contributed by atoms with E-state index in [4.69, 9.17) is 4.74 Å². The van der Waals surface area contributed by atoms with Crippen molar-refractivity contribution >= 4 is 0 Å². The Morgan fingerprint density at radius 1 is 1.38 bits per heavy atom. The lowest BCUT2D eigenvalue weighted by molar-refractivity contribution is -0.0507. The second-order valence-electron chi connectivity index (χ2n) is 5.43. The van der Waals surface area contributed by atoms with Gasteiger partial charge in [-0.3, -0.25) is 0 Å². The zero-order chi connectivity index (χ0) is 15.2. The van der Waals surface area contributed by atoms with Crippen molar-refractivity contribution in [2.75, 3.05) is 6.61 Å². The summed E-state index contributed by atoms with van der Waals surface area (Å²) in [7, 11) is 0. The van der Waals surface area contributed by atoms with Gasteiger partial charge < -0.3 is 14.8 Å². The van der Waals surface area contributed by atoms with Crippen LogP contribution in [0.15, 0.2) is 24.3 Å². The van der Waals surface area contributed by atoms with Crippen LogP contribution in [0.3, 0.4) is 0 Å². The summed E-state index contributed by atoms with van der Waals surface area (Å²) in [4.78, 5) is 0. The van der Waals surface area contributed by atoms with Crippen molar-refractivity contribution in [1.29, 1.82) is 0 Å². The van der Waals surface area contributed by atoms with Gasteiger partial charge in [0.15, 0.2) is 0 Å². The molecule has 5 heteroatoms. The molecule has 0 amide bonds. The highest BCUT2D eigenvalue weighted by molar-refractivity contribution is 5.35. The Balaban J connectivity index is 2.01.